The van der Waals surface area contributed by atoms with Crippen LogP contribution in [0.3, 0.4) is 0 Å². The fourth-order valence-electron chi connectivity index (χ4n) is 3.84. The van der Waals surface area contributed by atoms with Gasteiger partial charge in [-0.2, -0.15) is 0 Å². The number of urea groups is 1. The summed E-state index contributed by atoms with van der Waals surface area (Å²) in [6, 6.07) is 6.22. The molecule has 2 bridgehead atoms. The summed E-state index contributed by atoms with van der Waals surface area (Å²) in [4.78, 5) is 14.2. The van der Waals surface area contributed by atoms with Crippen LogP contribution in [0.5, 0.6) is 0 Å². The van der Waals surface area contributed by atoms with Gasteiger partial charge in [-0.05, 0) is 48.4 Å². The number of anilines is 1. The molecule has 2 aliphatic rings. The number of nitrogens with one attached hydrogen (secondary N) is 2. The van der Waals surface area contributed by atoms with Gasteiger partial charge in [-0.25, -0.2) is 22.3 Å². The first-order chi connectivity index (χ1) is 12.8. The predicted molar refractivity (Wildman–Crippen MR) is 102 cm³/mol. The van der Waals surface area contributed by atoms with Crippen LogP contribution in [0.15, 0.2) is 39.9 Å². The molecule has 1 aromatic carbocycles. The molecule has 3 atom stereocenters. The van der Waals surface area contributed by atoms with E-state index in [1.54, 1.807) is 22.4 Å². The van der Waals surface area contributed by atoms with Crippen LogP contribution in [0, 0.1) is 11.7 Å². The predicted octanol–water partition coefficient (Wildman–Crippen LogP) is 3.51. The summed E-state index contributed by atoms with van der Waals surface area (Å²) in [5, 5.41) is 4.50. The van der Waals surface area contributed by atoms with Crippen molar-refractivity contribution in [2.24, 2.45) is 5.92 Å². The van der Waals surface area contributed by atoms with Gasteiger partial charge in [0.25, 0.3) is 0 Å². The lowest BCUT2D eigenvalue weighted by molar-refractivity contribution is 0.183. The summed E-state index contributed by atoms with van der Waals surface area (Å²) >= 11 is 6.88. The maximum Gasteiger partial charge on any atom is 0.322 e. The number of carbonyl (C=O) groups excluding carboxylic acids is 1. The molecule has 1 saturated heterocycles. The van der Waals surface area contributed by atoms with Gasteiger partial charge >= 0.3 is 6.03 Å². The third-order valence-electron chi connectivity index (χ3n) is 4.98. The van der Waals surface area contributed by atoms with E-state index in [1.165, 1.54) is 12.1 Å². The number of fused-ring (bicyclic) bond motifs is 2. The van der Waals surface area contributed by atoms with Crippen molar-refractivity contribution < 1.29 is 17.6 Å². The maximum absolute atomic E-state index is 13.9. The van der Waals surface area contributed by atoms with Crippen molar-refractivity contribution in [3.05, 3.63) is 46.6 Å². The number of benzene rings is 1. The number of hydrogen-bond donors (Lipinski definition) is 2. The lowest BCUT2D eigenvalue weighted by Crippen LogP contribution is -2.52. The van der Waals surface area contributed by atoms with E-state index in [0.29, 0.717) is 13.0 Å². The second kappa shape index (κ2) is 7.05. The highest BCUT2D eigenvalue weighted by molar-refractivity contribution is 7.91. The van der Waals surface area contributed by atoms with Crippen LogP contribution in [-0.4, -0.2) is 38.0 Å². The minimum absolute atomic E-state index is 0.0443. The smallest absolute Gasteiger partial charge is 0.320 e. The second-order valence-corrected chi connectivity index (χ2v) is 10.1. The topological polar surface area (TPSA) is 78.5 Å². The highest BCUT2D eigenvalue weighted by Gasteiger charge is 2.48. The van der Waals surface area contributed by atoms with E-state index in [4.69, 9.17) is 11.6 Å². The molecule has 0 radical (unpaired) electrons. The summed E-state index contributed by atoms with van der Waals surface area (Å²) in [6.07, 6.45) is 1.42. The Morgan fingerprint density at radius 1 is 1.30 bits per heavy atom. The van der Waals surface area contributed by atoms with Gasteiger partial charge in [0.15, 0.2) is 0 Å². The molecule has 10 heteroatoms. The van der Waals surface area contributed by atoms with E-state index in [2.05, 4.69) is 10.0 Å². The van der Waals surface area contributed by atoms with Gasteiger partial charge in [0.1, 0.15) is 10.0 Å². The van der Waals surface area contributed by atoms with Crippen molar-refractivity contribution in [2.75, 3.05) is 11.9 Å². The van der Waals surface area contributed by atoms with E-state index in [1.807, 2.05) is 0 Å². The monoisotopic (exact) mass is 429 g/mol. The van der Waals surface area contributed by atoms with Gasteiger partial charge in [-0.15, -0.1) is 11.3 Å². The van der Waals surface area contributed by atoms with E-state index < -0.39 is 21.9 Å². The molecule has 4 rings (SSSR count). The van der Waals surface area contributed by atoms with Gasteiger partial charge in [0.2, 0.25) is 10.0 Å². The highest BCUT2D eigenvalue weighted by Crippen LogP contribution is 2.39. The maximum atomic E-state index is 13.9. The number of likely N-dealkylation sites (tertiary alicyclic amines) is 1. The standard InChI is InChI=1S/C17H17ClFN3O3S2/c18-11-3-4-13(12(19)8-11)20-17(23)22-9-10-6-14(15(22)7-10)21-27(24,25)16-2-1-5-26-16/h1-5,8,10,14-15,21H,6-7,9H2,(H,20,23). The normalized spacial score (nSPS) is 24.4. The molecule has 2 fully saturated rings. The molecule has 1 aliphatic carbocycles. The molecule has 144 valence electrons. The molecular weight excluding hydrogens is 413 g/mol. The lowest BCUT2D eigenvalue weighted by atomic mass is 10.1. The van der Waals surface area contributed by atoms with Crippen molar-refractivity contribution in [1.29, 1.82) is 0 Å². The lowest BCUT2D eigenvalue weighted by Gasteiger charge is -2.33. The summed E-state index contributed by atoms with van der Waals surface area (Å²) in [5.74, 6) is -0.387. The average Bonchev–Trinajstić information content (AvgIpc) is 3.32. The number of hydrogen-bond acceptors (Lipinski definition) is 4. The molecule has 6 nitrogen and oxygen atoms in total. The highest BCUT2D eigenvalue weighted by atomic mass is 35.5. The Labute approximate surface area is 165 Å². The van der Waals surface area contributed by atoms with Crippen LogP contribution in [0.4, 0.5) is 14.9 Å². The molecule has 0 spiro atoms. The first kappa shape index (κ1) is 18.7. The molecule has 27 heavy (non-hydrogen) atoms. The van der Waals surface area contributed by atoms with Crippen LogP contribution in [-0.2, 0) is 10.0 Å². The van der Waals surface area contributed by atoms with E-state index in [9.17, 15) is 17.6 Å². The largest absolute Gasteiger partial charge is 0.322 e. The third-order valence-corrected chi connectivity index (χ3v) is 8.10. The number of piperidine rings is 1. The minimum Gasteiger partial charge on any atom is -0.320 e. The third kappa shape index (κ3) is 3.69. The summed E-state index contributed by atoms with van der Waals surface area (Å²) in [7, 11) is -3.61. The van der Waals surface area contributed by atoms with Crippen LogP contribution >= 0.6 is 22.9 Å². The quantitative estimate of drug-likeness (QED) is 0.780. The van der Waals surface area contributed by atoms with Gasteiger partial charge in [-0.1, -0.05) is 17.7 Å². The number of sulfonamides is 1. The summed E-state index contributed by atoms with van der Waals surface area (Å²) in [6.45, 7) is 0.531. The van der Waals surface area contributed by atoms with Crippen molar-refractivity contribution in [3.8, 4) is 0 Å². The first-order valence-electron chi connectivity index (χ1n) is 8.42. The van der Waals surface area contributed by atoms with Crippen molar-refractivity contribution in [1.82, 2.24) is 9.62 Å². The second-order valence-electron chi connectivity index (χ2n) is 6.77. The molecule has 2 aromatic rings. The number of carbonyl (C=O) groups is 1. The van der Waals surface area contributed by atoms with Crippen molar-refractivity contribution >= 4 is 44.7 Å². The molecular formula is C17H17ClFN3O3S2. The molecule has 2 heterocycles. The Balaban J connectivity index is 1.47. The van der Waals surface area contributed by atoms with Gasteiger partial charge in [-0.3, -0.25) is 0 Å². The zero-order valence-corrected chi connectivity index (χ0v) is 16.5. The number of nitrogens with zero attached hydrogens (tertiary/aromatic N) is 1. The van der Waals surface area contributed by atoms with Gasteiger partial charge in [0, 0.05) is 17.6 Å². The molecule has 1 aromatic heterocycles. The summed E-state index contributed by atoms with van der Waals surface area (Å²) in [5.41, 5.74) is 0.0443. The fourth-order valence-corrected chi connectivity index (χ4v) is 6.29. The summed E-state index contributed by atoms with van der Waals surface area (Å²) < 4.78 is 41.9. The van der Waals surface area contributed by atoms with Crippen LogP contribution < -0.4 is 10.0 Å². The first-order valence-corrected chi connectivity index (χ1v) is 11.2. The Hall–Kier alpha value is -1.68. The van der Waals surface area contributed by atoms with Crippen LogP contribution in [0.25, 0.3) is 0 Å². The van der Waals surface area contributed by atoms with Gasteiger partial charge < -0.3 is 10.2 Å². The van der Waals surface area contributed by atoms with Crippen LogP contribution in [0.1, 0.15) is 12.8 Å². The van der Waals surface area contributed by atoms with Crippen LogP contribution in [0.2, 0.25) is 5.02 Å². The number of halogens is 2. The molecule has 3 unspecified atom stereocenters. The molecule has 2 N–H and O–H groups in total. The van der Waals surface area contributed by atoms with Gasteiger partial charge in [0.05, 0.1) is 11.7 Å². The molecule has 1 aliphatic heterocycles. The number of amides is 2. The molecule has 2 amide bonds. The number of rotatable bonds is 4. The average molecular weight is 430 g/mol. The Morgan fingerprint density at radius 3 is 2.78 bits per heavy atom. The molecule has 1 saturated carbocycles. The Kier molecular flexibility index (Phi) is 4.87. The van der Waals surface area contributed by atoms with E-state index >= 15 is 0 Å². The Bertz CT molecular complexity index is 968. The van der Waals surface area contributed by atoms with Crippen molar-refractivity contribution in [3.63, 3.8) is 0 Å². The number of thiophene rings is 1. The van der Waals surface area contributed by atoms with Crippen molar-refractivity contribution in [2.45, 2.75) is 29.1 Å². The Morgan fingerprint density at radius 2 is 2.11 bits per heavy atom. The zero-order valence-electron chi connectivity index (χ0n) is 14.1. The minimum atomic E-state index is -3.61. The van der Waals surface area contributed by atoms with E-state index in [0.717, 1.165) is 23.8 Å². The SMILES string of the molecule is O=C(Nc1ccc(Cl)cc1F)N1CC2CC(NS(=O)(=O)c3cccs3)C1C2. The fraction of sp³-hybridized carbons (Fsp3) is 0.353. The van der Waals surface area contributed by atoms with E-state index in [-0.39, 0.29) is 32.9 Å². The zero-order chi connectivity index (χ0) is 19.2.